The molecule has 2 amide bonds. The first-order valence-electron chi connectivity index (χ1n) is 9.89. The second kappa shape index (κ2) is 7.64. The normalized spacial score (nSPS) is 26.9. The minimum absolute atomic E-state index is 0.134. The summed E-state index contributed by atoms with van der Waals surface area (Å²) in [4.78, 5) is 30.0. The van der Waals surface area contributed by atoms with Crippen LogP contribution in [0.5, 0.6) is 0 Å². The highest BCUT2D eigenvalue weighted by molar-refractivity contribution is 5.93. The molecule has 3 aliphatic heterocycles. The summed E-state index contributed by atoms with van der Waals surface area (Å²) in [6.07, 6.45) is 4.44. The molecule has 0 bridgehead atoms. The van der Waals surface area contributed by atoms with E-state index in [1.807, 2.05) is 0 Å². The molecule has 4 heterocycles. The highest BCUT2D eigenvalue weighted by atomic mass is 16.5. The van der Waals surface area contributed by atoms with Gasteiger partial charge in [-0.05, 0) is 44.2 Å². The molecular formula is C20H28N2O5. The van der Waals surface area contributed by atoms with Gasteiger partial charge in [0.25, 0.3) is 5.91 Å². The SMILES string of the molecule is COCc1ccc(C(=O)N2CC[C@@]3(CCCN(C4CCOCC4)C3=O)C2)o1. The molecule has 7 heteroatoms. The van der Waals surface area contributed by atoms with Gasteiger partial charge in [-0.2, -0.15) is 0 Å². The molecule has 3 aliphatic rings. The van der Waals surface area contributed by atoms with Gasteiger partial charge in [0.1, 0.15) is 12.4 Å². The number of hydrogen-bond donors (Lipinski definition) is 0. The first-order valence-corrected chi connectivity index (χ1v) is 9.89. The van der Waals surface area contributed by atoms with Crippen LogP contribution < -0.4 is 0 Å². The summed E-state index contributed by atoms with van der Waals surface area (Å²) in [6.45, 7) is 3.73. The van der Waals surface area contributed by atoms with Gasteiger partial charge in [0.15, 0.2) is 5.76 Å². The molecule has 0 unspecified atom stereocenters. The maximum Gasteiger partial charge on any atom is 0.289 e. The highest BCUT2D eigenvalue weighted by Crippen LogP contribution is 2.41. The number of nitrogens with zero attached hydrogens (tertiary/aromatic N) is 2. The number of ether oxygens (including phenoxy) is 2. The van der Waals surface area contributed by atoms with Crippen LogP contribution in [0.25, 0.3) is 0 Å². The average Bonchev–Trinajstić information content (AvgIpc) is 3.33. The van der Waals surface area contributed by atoms with Crippen molar-refractivity contribution >= 4 is 11.8 Å². The molecule has 0 aliphatic carbocycles. The fourth-order valence-electron chi connectivity index (χ4n) is 4.74. The molecule has 1 aromatic rings. The zero-order valence-electron chi connectivity index (χ0n) is 15.9. The van der Waals surface area contributed by atoms with Crippen LogP contribution in [-0.4, -0.2) is 67.6 Å². The second-order valence-electron chi connectivity index (χ2n) is 7.90. The Morgan fingerprint density at radius 1 is 1.26 bits per heavy atom. The van der Waals surface area contributed by atoms with Crippen molar-refractivity contribution in [2.75, 3.05) is 40.0 Å². The molecule has 0 radical (unpaired) electrons. The fourth-order valence-corrected chi connectivity index (χ4v) is 4.74. The standard InChI is InChI=1S/C20H28N2O5/c1-25-13-16-3-4-17(27-16)18(23)21-10-8-20(14-21)7-2-9-22(19(20)24)15-5-11-26-12-6-15/h3-4,15H,2,5-14H2,1H3/t20-/m0/s1. The monoisotopic (exact) mass is 376 g/mol. The van der Waals surface area contributed by atoms with E-state index in [9.17, 15) is 9.59 Å². The average molecular weight is 376 g/mol. The minimum atomic E-state index is -0.422. The van der Waals surface area contributed by atoms with Crippen LogP contribution in [0.4, 0.5) is 0 Å². The Bertz CT molecular complexity index is 696. The van der Waals surface area contributed by atoms with Crippen molar-refractivity contribution in [2.24, 2.45) is 5.41 Å². The molecule has 1 spiro atoms. The molecule has 3 fully saturated rings. The van der Waals surface area contributed by atoms with Crippen molar-refractivity contribution in [1.29, 1.82) is 0 Å². The third-order valence-electron chi connectivity index (χ3n) is 6.20. The number of likely N-dealkylation sites (tertiary alicyclic amines) is 2. The highest BCUT2D eigenvalue weighted by Gasteiger charge is 2.50. The lowest BCUT2D eigenvalue weighted by Crippen LogP contribution is -2.55. The number of piperidine rings is 1. The van der Waals surface area contributed by atoms with Crippen LogP contribution in [0.15, 0.2) is 16.5 Å². The molecule has 0 N–H and O–H groups in total. The second-order valence-corrected chi connectivity index (χ2v) is 7.90. The van der Waals surface area contributed by atoms with E-state index in [2.05, 4.69) is 4.90 Å². The summed E-state index contributed by atoms with van der Waals surface area (Å²) in [5.74, 6) is 1.05. The summed E-state index contributed by atoms with van der Waals surface area (Å²) < 4.78 is 16.1. The van der Waals surface area contributed by atoms with Gasteiger partial charge in [0.05, 0.1) is 5.41 Å². The van der Waals surface area contributed by atoms with Gasteiger partial charge in [0.2, 0.25) is 5.91 Å². The first kappa shape index (κ1) is 18.5. The Labute approximate surface area is 159 Å². The molecule has 27 heavy (non-hydrogen) atoms. The molecule has 3 saturated heterocycles. The number of furan rings is 1. The Balaban J connectivity index is 1.45. The third-order valence-corrected chi connectivity index (χ3v) is 6.20. The third kappa shape index (κ3) is 3.50. The van der Waals surface area contributed by atoms with Crippen molar-refractivity contribution in [3.05, 3.63) is 23.7 Å². The van der Waals surface area contributed by atoms with E-state index in [4.69, 9.17) is 13.9 Å². The maximum absolute atomic E-state index is 13.3. The van der Waals surface area contributed by atoms with Gasteiger partial charge in [-0.3, -0.25) is 9.59 Å². The van der Waals surface area contributed by atoms with Gasteiger partial charge in [-0.1, -0.05) is 0 Å². The summed E-state index contributed by atoms with van der Waals surface area (Å²) in [5, 5.41) is 0. The van der Waals surface area contributed by atoms with Gasteiger partial charge >= 0.3 is 0 Å². The topological polar surface area (TPSA) is 72.2 Å². The lowest BCUT2D eigenvalue weighted by Gasteiger charge is -2.44. The molecule has 7 nitrogen and oxygen atoms in total. The van der Waals surface area contributed by atoms with Crippen LogP contribution in [0.1, 0.15) is 48.4 Å². The van der Waals surface area contributed by atoms with Gasteiger partial charge in [-0.25, -0.2) is 0 Å². The van der Waals surface area contributed by atoms with E-state index in [0.717, 1.165) is 51.9 Å². The van der Waals surface area contributed by atoms with Crippen molar-refractivity contribution in [2.45, 2.75) is 44.8 Å². The fraction of sp³-hybridized carbons (Fsp3) is 0.700. The summed E-state index contributed by atoms with van der Waals surface area (Å²) in [7, 11) is 1.59. The van der Waals surface area contributed by atoms with E-state index in [1.54, 1.807) is 24.1 Å². The van der Waals surface area contributed by atoms with Crippen molar-refractivity contribution < 1.29 is 23.5 Å². The van der Waals surface area contributed by atoms with Crippen LogP contribution in [0.2, 0.25) is 0 Å². The Hall–Kier alpha value is -1.86. The Kier molecular flexibility index (Phi) is 5.23. The maximum atomic E-state index is 13.3. The van der Waals surface area contributed by atoms with E-state index >= 15 is 0 Å². The molecule has 148 valence electrons. The van der Waals surface area contributed by atoms with Crippen molar-refractivity contribution in [1.82, 2.24) is 9.80 Å². The molecule has 0 aromatic carbocycles. The first-order chi connectivity index (χ1) is 13.1. The van der Waals surface area contributed by atoms with Gasteiger partial charge in [-0.15, -0.1) is 0 Å². The summed E-state index contributed by atoms with van der Waals surface area (Å²) >= 11 is 0. The van der Waals surface area contributed by atoms with Crippen LogP contribution in [-0.2, 0) is 20.9 Å². The number of rotatable bonds is 4. The molecule has 1 atom stereocenters. The summed E-state index contributed by atoms with van der Waals surface area (Å²) in [5.41, 5.74) is -0.422. The predicted molar refractivity (Wildman–Crippen MR) is 97.2 cm³/mol. The lowest BCUT2D eigenvalue weighted by atomic mass is 9.77. The number of methoxy groups -OCH3 is 1. The van der Waals surface area contributed by atoms with Crippen LogP contribution in [0.3, 0.4) is 0 Å². The lowest BCUT2D eigenvalue weighted by molar-refractivity contribution is -0.150. The van der Waals surface area contributed by atoms with Crippen LogP contribution in [0, 0.1) is 5.41 Å². The Morgan fingerprint density at radius 3 is 2.85 bits per heavy atom. The van der Waals surface area contributed by atoms with Crippen molar-refractivity contribution in [3.8, 4) is 0 Å². The van der Waals surface area contributed by atoms with E-state index in [0.29, 0.717) is 31.2 Å². The molecule has 0 saturated carbocycles. The van der Waals surface area contributed by atoms with Gasteiger partial charge < -0.3 is 23.7 Å². The van der Waals surface area contributed by atoms with E-state index < -0.39 is 5.41 Å². The zero-order valence-corrected chi connectivity index (χ0v) is 15.9. The molecular weight excluding hydrogens is 348 g/mol. The number of carbonyl (C=O) groups excluding carboxylic acids is 2. The van der Waals surface area contributed by atoms with E-state index in [1.165, 1.54) is 0 Å². The van der Waals surface area contributed by atoms with Crippen LogP contribution >= 0.6 is 0 Å². The predicted octanol–water partition coefficient (Wildman–Crippen LogP) is 2.06. The largest absolute Gasteiger partial charge is 0.453 e. The molecule has 4 rings (SSSR count). The smallest absolute Gasteiger partial charge is 0.289 e. The quantitative estimate of drug-likeness (QED) is 0.804. The van der Waals surface area contributed by atoms with Gasteiger partial charge in [0, 0.05) is 46.0 Å². The zero-order chi connectivity index (χ0) is 18.9. The number of amides is 2. The molecule has 1 aromatic heterocycles. The summed E-state index contributed by atoms with van der Waals surface area (Å²) in [6, 6.07) is 3.75. The minimum Gasteiger partial charge on any atom is -0.453 e. The Morgan fingerprint density at radius 2 is 2.07 bits per heavy atom. The number of carbonyl (C=O) groups is 2. The van der Waals surface area contributed by atoms with E-state index in [-0.39, 0.29) is 17.9 Å². The number of hydrogen-bond acceptors (Lipinski definition) is 5. The van der Waals surface area contributed by atoms with Crippen molar-refractivity contribution in [3.63, 3.8) is 0 Å².